The molecule has 0 unspecified atom stereocenters. The van der Waals surface area contributed by atoms with Crippen LogP contribution in [0.2, 0.25) is 5.02 Å². The third-order valence-corrected chi connectivity index (χ3v) is 1.33. The Kier molecular flexibility index (Phi) is 2.62. The van der Waals surface area contributed by atoms with Gasteiger partial charge in [0.25, 0.3) is 0 Å². The van der Waals surface area contributed by atoms with Crippen molar-refractivity contribution < 1.29 is 5.21 Å². The molecule has 11 heavy (non-hydrogen) atoms. The highest BCUT2D eigenvalue weighted by molar-refractivity contribution is 6.68. The molecule has 1 N–H and O–H groups in total. The predicted octanol–water partition coefficient (Wildman–Crippen LogP) is 1.50. The maximum atomic E-state index is 8.20. The van der Waals surface area contributed by atoms with Crippen LogP contribution in [0.15, 0.2) is 17.5 Å². The van der Waals surface area contributed by atoms with Gasteiger partial charge in [-0.05, 0) is 0 Å². The average Bonchev–Trinajstić information content (AvgIpc) is 2.05. The average molecular weight is 192 g/mol. The van der Waals surface area contributed by atoms with Gasteiger partial charge >= 0.3 is 0 Å². The molecule has 0 amide bonds. The van der Waals surface area contributed by atoms with Crippen molar-refractivity contribution in [1.82, 2.24) is 9.97 Å². The third kappa shape index (κ3) is 2.03. The van der Waals surface area contributed by atoms with Crippen LogP contribution in [0.25, 0.3) is 0 Å². The van der Waals surface area contributed by atoms with Crippen molar-refractivity contribution in [1.29, 1.82) is 0 Å². The summed E-state index contributed by atoms with van der Waals surface area (Å²) in [5, 5.41) is 11.1. The van der Waals surface area contributed by atoms with E-state index in [9.17, 15) is 0 Å². The predicted molar refractivity (Wildman–Crippen MR) is 41.2 cm³/mol. The molecule has 6 heteroatoms. The van der Waals surface area contributed by atoms with E-state index in [0.717, 1.165) is 0 Å². The molecule has 1 heterocycles. The first-order chi connectivity index (χ1) is 5.24. The van der Waals surface area contributed by atoms with Gasteiger partial charge in [-0.2, -0.15) is 0 Å². The number of oxime groups is 1. The maximum absolute atomic E-state index is 8.20. The molecule has 0 fully saturated rings. The molecule has 0 bridgehead atoms. The topological polar surface area (TPSA) is 58.4 Å². The summed E-state index contributed by atoms with van der Waals surface area (Å²) in [7, 11) is 0. The molecule has 1 aromatic heterocycles. The molecule has 1 rings (SSSR count). The lowest BCUT2D eigenvalue weighted by molar-refractivity contribution is 0.320. The van der Waals surface area contributed by atoms with E-state index in [4.69, 9.17) is 28.4 Å². The van der Waals surface area contributed by atoms with E-state index in [1.165, 1.54) is 12.4 Å². The molecule has 0 spiro atoms. The summed E-state index contributed by atoms with van der Waals surface area (Å²) in [6, 6.07) is 0. The number of hydrogen-bond acceptors (Lipinski definition) is 4. The van der Waals surface area contributed by atoms with E-state index in [2.05, 4.69) is 15.1 Å². The zero-order valence-electron chi connectivity index (χ0n) is 5.20. The van der Waals surface area contributed by atoms with Gasteiger partial charge in [-0.1, -0.05) is 28.4 Å². The van der Waals surface area contributed by atoms with Crippen LogP contribution in [0.5, 0.6) is 0 Å². The monoisotopic (exact) mass is 191 g/mol. The smallest absolute Gasteiger partial charge is 0.212 e. The van der Waals surface area contributed by atoms with Gasteiger partial charge in [0.05, 0.1) is 5.02 Å². The highest BCUT2D eigenvalue weighted by Crippen LogP contribution is 2.04. The third-order valence-electron chi connectivity index (χ3n) is 0.893. The first-order valence-corrected chi connectivity index (χ1v) is 3.35. The fraction of sp³-hybridized carbons (Fsp3) is 0. The summed E-state index contributed by atoms with van der Waals surface area (Å²) in [5.41, 5.74) is 0. The molecule has 4 nitrogen and oxygen atoms in total. The highest BCUT2D eigenvalue weighted by atomic mass is 35.5. The summed E-state index contributed by atoms with van der Waals surface area (Å²) in [5.74, 6) is 0.138. The Hall–Kier alpha value is -0.870. The standard InChI is InChI=1S/C5H3Cl2N3O/c6-3-1-8-5(9-2-3)4(7)10-11/h1-2,11H. The van der Waals surface area contributed by atoms with Crippen LogP contribution in [0.1, 0.15) is 5.82 Å². The van der Waals surface area contributed by atoms with Gasteiger partial charge in [0.1, 0.15) is 0 Å². The molecule has 0 radical (unpaired) electrons. The zero-order valence-corrected chi connectivity index (χ0v) is 6.71. The molecule has 0 saturated heterocycles. The van der Waals surface area contributed by atoms with Crippen LogP contribution in [-0.2, 0) is 0 Å². The first-order valence-electron chi connectivity index (χ1n) is 2.59. The fourth-order valence-electron chi connectivity index (χ4n) is 0.464. The highest BCUT2D eigenvalue weighted by Gasteiger charge is 2.02. The van der Waals surface area contributed by atoms with Crippen molar-refractivity contribution >= 4 is 28.4 Å². The number of rotatable bonds is 1. The van der Waals surface area contributed by atoms with E-state index in [1.807, 2.05) is 0 Å². The molecule has 1 aromatic rings. The van der Waals surface area contributed by atoms with Crippen molar-refractivity contribution in [3.8, 4) is 0 Å². The second-order valence-electron chi connectivity index (χ2n) is 1.62. The Labute approximate surface area is 72.5 Å². The Bertz CT molecular complexity index is 272. The lowest BCUT2D eigenvalue weighted by Crippen LogP contribution is -1.98. The van der Waals surface area contributed by atoms with Crippen LogP contribution in [0.3, 0.4) is 0 Å². The molecule has 0 saturated carbocycles. The minimum absolute atomic E-state index is 0.138. The molecular formula is C5H3Cl2N3O. The summed E-state index contributed by atoms with van der Waals surface area (Å²) in [6.07, 6.45) is 2.72. The summed E-state index contributed by atoms with van der Waals surface area (Å²) in [4.78, 5) is 7.37. The van der Waals surface area contributed by atoms with E-state index in [0.29, 0.717) is 5.02 Å². The molecule has 0 aliphatic rings. The van der Waals surface area contributed by atoms with Crippen LogP contribution < -0.4 is 0 Å². The Morgan fingerprint density at radius 1 is 1.45 bits per heavy atom. The SMILES string of the molecule is ON=C(Cl)c1ncc(Cl)cn1. The van der Waals surface area contributed by atoms with Crippen LogP contribution in [-0.4, -0.2) is 20.3 Å². The maximum Gasteiger partial charge on any atom is 0.212 e. The van der Waals surface area contributed by atoms with Gasteiger partial charge in [-0.25, -0.2) is 9.97 Å². The van der Waals surface area contributed by atoms with Crippen molar-refractivity contribution in [2.24, 2.45) is 5.16 Å². The summed E-state index contributed by atoms with van der Waals surface area (Å²) in [6.45, 7) is 0. The zero-order chi connectivity index (χ0) is 8.27. The lowest BCUT2D eigenvalue weighted by Gasteiger charge is -1.92. The number of halogens is 2. The quantitative estimate of drug-likeness (QED) is 0.416. The Morgan fingerprint density at radius 3 is 2.45 bits per heavy atom. The van der Waals surface area contributed by atoms with Gasteiger partial charge in [0.15, 0.2) is 5.82 Å². The van der Waals surface area contributed by atoms with Crippen LogP contribution in [0.4, 0.5) is 0 Å². The van der Waals surface area contributed by atoms with E-state index in [1.54, 1.807) is 0 Å². The van der Waals surface area contributed by atoms with Gasteiger partial charge < -0.3 is 5.21 Å². The largest absolute Gasteiger partial charge is 0.410 e. The van der Waals surface area contributed by atoms with E-state index >= 15 is 0 Å². The molecule has 0 aromatic carbocycles. The minimum atomic E-state index is -0.165. The molecule has 58 valence electrons. The molecule has 0 aliphatic carbocycles. The van der Waals surface area contributed by atoms with Crippen LogP contribution >= 0.6 is 23.2 Å². The van der Waals surface area contributed by atoms with E-state index in [-0.39, 0.29) is 11.0 Å². The van der Waals surface area contributed by atoms with Gasteiger partial charge in [0.2, 0.25) is 5.17 Å². The van der Waals surface area contributed by atoms with E-state index < -0.39 is 0 Å². The Morgan fingerprint density at radius 2 is 2.00 bits per heavy atom. The van der Waals surface area contributed by atoms with Crippen LogP contribution in [0, 0.1) is 0 Å². The van der Waals surface area contributed by atoms with Gasteiger partial charge in [-0.3, -0.25) is 0 Å². The van der Waals surface area contributed by atoms with Crippen molar-refractivity contribution in [3.05, 3.63) is 23.2 Å². The normalized spacial score (nSPS) is 11.6. The van der Waals surface area contributed by atoms with Gasteiger partial charge in [-0.15, -0.1) is 0 Å². The van der Waals surface area contributed by atoms with Crippen molar-refractivity contribution in [2.75, 3.05) is 0 Å². The number of nitrogens with zero attached hydrogens (tertiary/aromatic N) is 3. The van der Waals surface area contributed by atoms with Gasteiger partial charge in [0, 0.05) is 12.4 Å². The molecular weight excluding hydrogens is 189 g/mol. The van der Waals surface area contributed by atoms with Crippen molar-refractivity contribution in [2.45, 2.75) is 0 Å². The second-order valence-corrected chi connectivity index (χ2v) is 2.41. The Balaban J connectivity index is 2.99. The number of aromatic nitrogens is 2. The second kappa shape index (κ2) is 3.50. The lowest BCUT2D eigenvalue weighted by atomic mass is 10.6. The minimum Gasteiger partial charge on any atom is -0.410 e. The first kappa shape index (κ1) is 8.23. The number of hydrogen-bond donors (Lipinski definition) is 1. The summed E-state index contributed by atoms with van der Waals surface area (Å²) >= 11 is 10.9. The fourth-order valence-corrected chi connectivity index (χ4v) is 0.659. The molecule has 0 atom stereocenters. The summed E-state index contributed by atoms with van der Waals surface area (Å²) < 4.78 is 0. The molecule has 0 aliphatic heterocycles. The van der Waals surface area contributed by atoms with Crippen molar-refractivity contribution in [3.63, 3.8) is 0 Å².